The van der Waals surface area contributed by atoms with Gasteiger partial charge >= 0.3 is 11.9 Å². The first kappa shape index (κ1) is 19.2. The molecule has 0 aliphatic carbocycles. The molecular formula is C18H21NO5. The minimum atomic E-state index is -1.82. The minimum Gasteiger partial charge on any atom is -0.496 e. The molecule has 0 fully saturated rings. The summed E-state index contributed by atoms with van der Waals surface area (Å²) in [5.41, 5.74) is 3.80. The number of aryl methyl sites for hydroxylation is 1. The number of para-hydroxylation sites is 1. The first-order valence-corrected chi connectivity index (χ1v) is 7.28. The average Bonchev–Trinajstić information content (AvgIpc) is 2.56. The van der Waals surface area contributed by atoms with Gasteiger partial charge in [-0.25, -0.2) is 9.59 Å². The van der Waals surface area contributed by atoms with E-state index in [-0.39, 0.29) is 0 Å². The van der Waals surface area contributed by atoms with Crippen molar-refractivity contribution in [2.45, 2.75) is 20.0 Å². The van der Waals surface area contributed by atoms with E-state index in [1.54, 1.807) is 7.11 Å². The fourth-order valence-electron chi connectivity index (χ4n) is 2.01. The maximum absolute atomic E-state index is 9.10. The molecule has 0 atom stereocenters. The van der Waals surface area contributed by atoms with E-state index in [2.05, 4.69) is 42.6 Å². The smallest absolute Gasteiger partial charge is 0.414 e. The number of aliphatic carboxylic acids is 2. The highest BCUT2D eigenvalue weighted by Gasteiger charge is 2.04. The van der Waals surface area contributed by atoms with E-state index < -0.39 is 11.9 Å². The topological polar surface area (TPSA) is 95.9 Å². The molecule has 0 spiro atoms. The van der Waals surface area contributed by atoms with Crippen molar-refractivity contribution < 1.29 is 24.5 Å². The lowest BCUT2D eigenvalue weighted by Crippen LogP contribution is -2.13. The van der Waals surface area contributed by atoms with Gasteiger partial charge < -0.3 is 20.3 Å². The molecular weight excluding hydrogens is 310 g/mol. The molecule has 2 aromatic carbocycles. The first-order chi connectivity index (χ1) is 11.4. The van der Waals surface area contributed by atoms with Crippen molar-refractivity contribution in [2.75, 3.05) is 7.11 Å². The number of ether oxygens (including phenoxy) is 1. The zero-order chi connectivity index (χ0) is 17.9. The molecule has 0 amide bonds. The number of carboxylic acids is 2. The quantitative estimate of drug-likeness (QED) is 0.728. The van der Waals surface area contributed by atoms with Gasteiger partial charge in [-0.15, -0.1) is 0 Å². The Morgan fingerprint density at radius 2 is 1.67 bits per heavy atom. The van der Waals surface area contributed by atoms with Crippen LogP contribution in [0.25, 0.3) is 0 Å². The second kappa shape index (κ2) is 10.0. The van der Waals surface area contributed by atoms with Crippen LogP contribution in [0.3, 0.4) is 0 Å². The van der Waals surface area contributed by atoms with E-state index in [4.69, 9.17) is 24.5 Å². The number of carboxylic acid groups (broad SMARTS) is 2. The summed E-state index contributed by atoms with van der Waals surface area (Å²) in [6, 6.07) is 16.7. The van der Waals surface area contributed by atoms with Crippen LogP contribution in [0.2, 0.25) is 0 Å². The van der Waals surface area contributed by atoms with Crippen LogP contribution < -0.4 is 10.1 Å². The average molecular weight is 331 g/mol. The van der Waals surface area contributed by atoms with E-state index in [1.165, 1.54) is 16.7 Å². The predicted octanol–water partition coefficient (Wildman–Crippen LogP) is 2.45. The Morgan fingerprint density at radius 1 is 1.00 bits per heavy atom. The number of nitrogens with one attached hydrogen (secondary N) is 1. The largest absolute Gasteiger partial charge is 0.496 e. The minimum absolute atomic E-state index is 0.817. The van der Waals surface area contributed by atoms with Crippen LogP contribution in [0, 0.1) is 6.92 Å². The molecule has 24 heavy (non-hydrogen) atoms. The Bertz CT molecular complexity index is 673. The van der Waals surface area contributed by atoms with Crippen molar-refractivity contribution in [3.05, 3.63) is 65.2 Å². The second-order valence-corrected chi connectivity index (χ2v) is 5.01. The zero-order valence-corrected chi connectivity index (χ0v) is 13.7. The summed E-state index contributed by atoms with van der Waals surface area (Å²) in [6.45, 7) is 3.81. The van der Waals surface area contributed by atoms with Gasteiger partial charge in [0, 0.05) is 18.7 Å². The van der Waals surface area contributed by atoms with Crippen LogP contribution in [-0.2, 0) is 22.7 Å². The standard InChI is InChI=1S/C16H19NO.C2H2O4/c1-13-6-5-7-14(10-13)11-17-12-15-8-3-4-9-16(15)18-2;3-1(4)2(5)6/h3-10,17H,11-12H2,1-2H3;(H,3,4)(H,5,6). The lowest BCUT2D eigenvalue weighted by atomic mass is 10.1. The Labute approximate surface area is 140 Å². The predicted molar refractivity (Wildman–Crippen MR) is 90.0 cm³/mol. The van der Waals surface area contributed by atoms with Gasteiger partial charge in [0.25, 0.3) is 0 Å². The molecule has 0 aliphatic heterocycles. The van der Waals surface area contributed by atoms with E-state index in [0.29, 0.717) is 0 Å². The van der Waals surface area contributed by atoms with Gasteiger partial charge in [0.15, 0.2) is 0 Å². The molecule has 0 aromatic heterocycles. The molecule has 0 radical (unpaired) electrons. The molecule has 0 aliphatic rings. The van der Waals surface area contributed by atoms with Crippen LogP contribution in [0.15, 0.2) is 48.5 Å². The molecule has 2 aromatic rings. The maximum Gasteiger partial charge on any atom is 0.414 e. The summed E-state index contributed by atoms with van der Waals surface area (Å²) >= 11 is 0. The van der Waals surface area contributed by atoms with Crippen LogP contribution in [0.4, 0.5) is 0 Å². The van der Waals surface area contributed by atoms with Gasteiger partial charge in [0.05, 0.1) is 7.11 Å². The normalized spacial score (nSPS) is 9.58. The summed E-state index contributed by atoms with van der Waals surface area (Å²) < 4.78 is 5.33. The fraction of sp³-hybridized carbons (Fsp3) is 0.222. The maximum atomic E-state index is 9.10. The van der Waals surface area contributed by atoms with E-state index >= 15 is 0 Å². The second-order valence-electron chi connectivity index (χ2n) is 5.01. The summed E-state index contributed by atoms with van der Waals surface area (Å²) in [5.74, 6) is -2.71. The Hall–Kier alpha value is -2.86. The van der Waals surface area contributed by atoms with E-state index in [1.807, 2.05) is 18.2 Å². The van der Waals surface area contributed by atoms with Gasteiger partial charge in [0.2, 0.25) is 0 Å². The highest BCUT2D eigenvalue weighted by atomic mass is 16.5. The number of benzene rings is 2. The highest BCUT2D eigenvalue weighted by Crippen LogP contribution is 2.16. The monoisotopic (exact) mass is 331 g/mol. The van der Waals surface area contributed by atoms with Crippen molar-refractivity contribution in [3.63, 3.8) is 0 Å². The number of carbonyl (C=O) groups is 2. The molecule has 0 unspecified atom stereocenters. The van der Waals surface area contributed by atoms with E-state index in [9.17, 15) is 0 Å². The van der Waals surface area contributed by atoms with Crippen molar-refractivity contribution in [1.82, 2.24) is 5.32 Å². The van der Waals surface area contributed by atoms with Crippen molar-refractivity contribution >= 4 is 11.9 Å². The molecule has 6 heteroatoms. The first-order valence-electron chi connectivity index (χ1n) is 7.28. The van der Waals surface area contributed by atoms with Gasteiger partial charge in [-0.05, 0) is 18.6 Å². The van der Waals surface area contributed by atoms with Crippen molar-refractivity contribution in [3.8, 4) is 5.75 Å². The molecule has 0 bridgehead atoms. The third-order valence-corrected chi connectivity index (χ3v) is 3.10. The zero-order valence-electron chi connectivity index (χ0n) is 13.7. The summed E-state index contributed by atoms with van der Waals surface area (Å²) in [5, 5.41) is 18.2. The fourth-order valence-corrected chi connectivity index (χ4v) is 2.01. The SMILES string of the molecule is COc1ccccc1CNCc1cccc(C)c1.O=C(O)C(=O)O. The van der Waals surface area contributed by atoms with Gasteiger partial charge in [-0.3, -0.25) is 0 Å². The van der Waals surface area contributed by atoms with Crippen LogP contribution in [0.5, 0.6) is 5.75 Å². The van der Waals surface area contributed by atoms with Gasteiger partial charge in [0.1, 0.15) is 5.75 Å². The molecule has 0 heterocycles. The van der Waals surface area contributed by atoms with Crippen LogP contribution in [0.1, 0.15) is 16.7 Å². The third-order valence-electron chi connectivity index (χ3n) is 3.10. The molecule has 0 saturated heterocycles. The van der Waals surface area contributed by atoms with Crippen LogP contribution in [-0.4, -0.2) is 29.3 Å². The summed E-state index contributed by atoms with van der Waals surface area (Å²) in [7, 11) is 1.71. The molecule has 6 nitrogen and oxygen atoms in total. The lowest BCUT2D eigenvalue weighted by Gasteiger charge is -2.09. The van der Waals surface area contributed by atoms with Crippen molar-refractivity contribution in [2.24, 2.45) is 0 Å². The number of hydrogen-bond acceptors (Lipinski definition) is 4. The summed E-state index contributed by atoms with van der Waals surface area (Å²) in [6.07, 6.45) is 0. The van der Waals surface area contributed by atoms with Gasteiger partial charge in [-0.2, -0.15) is 0 Å². The van der Waals surface area contributed by atoms with Crippen LogP contribution >= 0.6 is 0 Å². The van der Waals surface area contributed by atoms with Gasteiger partial charge in [-0.1, -0.05) is 48.0 Å². The third kappa shape index (κ3) is 6.93. The number of methoxy groups -OCH3 is 1. The highest BCUT2D eigenvalue weighted by molar-refractivity contribution is 6.27. The number of hydrogen-bond donors (Lipinski definition) is 3. The van der Waals surface area contributed by atoms with E-state index in [0.717, 1.165) is 18.8 Å². The van der Waals surface area contributed by atoms with Crippen molar-refractivity contribution in [1.29, 1.82) is 0 Å². The molecule has 3 N–H and O–H groups in total. The Kier molecular flexibility index (Phi) is 8.01. The Morgan fingerprint density at radius 3 is 2.25 bits per heavy atom. The molecule has 0 saturated carbocycles. The lowest BCUT2D eigenvalue weighted by molar-refractivity contribution is -0.159. The molecule has 128 valence electrons. The molecule has 2 rings (SSSR count). The summed E-state index contributed by atoms with van der Waals surface area (Å²) in [4.78, 5) is 18.2. The number of rotatable bonds is 5. The Balaban J connectivity index is 0.000000413.